The SMILES string of the molecule is CCNC(Cc1cc(C)ccc1OC)c1ccc(Br)o1. The summed E-state index contributed by atoms with van der Waals surface area (Å²) < 4.78 is 11.9. The Morgan fingerprint density at radius 2 is 2.10 bits per heavy atom. The van der Waals surface area contributed by atoms with Gasteiger partial charge in [-0.15, -0.1) is 0 Å². The van der Waals surface area contributed by atoms with Crippen LogP contribution in [-0.2, 0) is 6.42 Å². The van der Waals surface area contributed by atoms with Gasteiger partial charge in [0.05, 0.1) is 13.2 Å². The first kappa shape index (κ1) is 15.1. The molecule has 0 bridgehead atoms. The molecule has 2 rings (SSSR count). The predicted molar refractivity (Wildman–Crippen MR) is 84.3 cm³/mol. The van der Waals surface area contributed by atoms with Gasteiger partial charge in [0, 0.05) is 0 Å². The molecule has 0 aliphatic rings. The number of furan rings is 1. The molecule has 1 heterocycles. The summed E-state index contributed by atoms with van der Waals surface area (Å²) in [6.07, 6.45) is 0.832. The van der Waals surface area contributed by atoms with Crippen molar-refractivity contribution in [2.24, 2.45) is 0 Å². The number of likely N-dealkylation sites (N-methyl/N-ethyl adjacent to an activating group) is 1. The standard InChI is InChI=1S/C16H20BrNO2/c1-4-18-13(15-7-8-16(17)20-15)10-12-9-11(2)5-6-14(12)19-3/h5-9,13,18H,4,10H2,1-3H3. The first-order valence-electron chi connectivity index (χ1n) is 6.76. The number of nitrogens with one attached hydrogen (secondary N) is 1. The van der Waals surface area contributed by atoms with Gasteiger partial charge < -0.3 is 14.5 Å². The van der Waals surface area contributed by atoms with Gasteiger partial charge >= 0.3 is 0 Å². The Hall–Kier alpha value is -1.26. The highest BCUT2D eigenvalue weighted by atomic mass is 79.9. The van der Waals surface area contributed by atoms with Crippen molar-refractivity contribution >= 4 is 15.9 Å². The summed E-state index contributed by atoms with van der Waals surface area (Å²) in [4.78, 5) is 0. The van der Waals surface area contributed by atoms with Crippen LogP contribution in [0.4, 0.5) is 0 Å². The lowest BCUT2D eigenvalue weighted by atomic mass is 10.0. The Kier molecular flexibility index (Phi) is 5.26. The largest absolute Gasteiger partial charge is 0.496 e. The smallest absolute Gasteiger partial charge is 0.169 e. The molecule has 3 nitrogen and oxygen atoms in total. The normalized spacial score (nSPS) is 12.4. The van der Waals surface area contributed by atoms with E-state index in [0.29, 0.717) is 0 Å². The molecule has 1 atom stereocenters. The van der Waals surface area contributed by atoms with E-state index in [1.165, 1.54) is 11.1 Å². The van der Waals surface area contributed by atoms with E-state index in [9.17, 15) is 0 Å². The molecule has 1 N–H and O–H groups in total. The lowest BCUT2D eigenvalue weighted by Gasteiger charge is -2.17. The number of benzene rings is 1. The van der Waals surface area contributed by atoms with Crippen molar-refractivity contribution < 1.29 is 9.15 Å². The highest BCUT2D eigenvalue weighted by Crippen LogP contribution is 2.28. The van der Waals surface area contributed by atoms with Crippen LogP contribution in [0.1, 0.15) is 29.9 Å². The molecular weight excluding hydrogens is 318 g/mol. The summed E-state index contributed by atoms with van der Waals surface area (Å²) in [5.41, 5.74) is 2.42. The number of hydrogen-bond donors (Lipinski definition) is 1. The summed E-state index contributed by atoms with van der Waals surface area (Å²) in [7, 11) is 1.71. The molecule has 0 aliphatic carbocycles. The van der Waals surface area contributed by atoms with Crippen LogP contribution in [0, 0.1) is 6.92 Å². The zero-order chi connectivity index (χ0) is 14.5. The van der Waals surface area contributed by atoms with E-state index in [1.54, 1.807) is 7.11 Å². The fourth-order valence-electron chi connectivity index (χ4n) is 2.32. The van der Waals surface area contributed by atoms with Gasteiger partial charge in [-0.25, -0.2) is 0 Å². The van der Waals surface area contributed by atoms with Crippen molar-refractivity contribution in [1.29, 1.82) is 0 Å². The average Bonchev–Trinajstić information content (AvgIpc) is 2.85. The second kappa shape index (κ2) is 6.95. The van der Waals surface area contributed by atoms with E-state index in [-0.39, 0.29) is 6.04 Å². The maximum atomic E-state index is 5.69. The average molecular weight is 338 g/mol. The third-order valence-corrected chi connectivity index (χ3v) is 3.67. The van der Waals surface area contributed by atoms with Gasteiger partial charge in [0.25, 0.3) is 0 Å². The number of aryl methyl sites for hydroxylation is 1. The van der Waals surface area contributed by atoms with Crippen LogP contribution in [0.5, 0.6) is 5.75 Å². The number of ether oxygens (including phenoxy) is 1. The van der Waals surface area contributed by atoms with Gasteiger partial charge in [0.2, 0.25) is 0 Å². The zero-order valence-electron chi connectivity index (χ0n) is 12.1. The van der Waals surface area contributed by atoms with Crippen molar-refractivity contribution in [3.05, 3.63) is 51.9 Å². The summed E-state index contributed by atoms with van der Waals surface area (Å²) in [6.45, 7) is 5.07. The van der Waals surface area contributed by atoms with Crippen LogP contribution >= 0.6 is 15.9 Å². The Labute approximate surface area is 128 Å². The van der Waals surface area contributed by atoms with Crippen molar-refractivity contribution in [3.8, 4) is 5.75 Å². The maximum Gasteiger partial charge on any atom is 0.169 e. The van der Waals surface area contributed by atoms with Gasteiger partial charge in [-0.1, -0.05) is 24.6 Å². The lowest BCUT2D eigenvalue weighted by molar-refractivity contribution is 0.387. The molecule has 1 aromatic carbocycles. The Morgan fingerprint density at radius 3 is 2.70 bits per heavy atom. The summed E-state index contributed by atoms with van der Waals surface area (Å²) in [5, 5.41) is 3.46. The second-order valence-corrected chi connectivity index (χ2v) is 5.55. The third kappa shape index (κ3) is 3.64. The molecule has 2 aromatic rings. The fourth-order valence-corrected chi connectivity index (χ4v) is 2.64. The second-order valence-electron chi connectivity index (χ2n) is 4.77. The molecular formula is C16H20BrNO2. The summed E-state index contributed by atoms with van der Waals surface area (Å²) in [5.74, 6) is 1.85. The van der Waals surface area contributed by atoms with Crippen molar-refractivity contribution in [2.75, 3.05) is 13.7 Å². The minimum Gasteiger partial charge on any atom is -0.496 e. The first-order chi connectivity index (χ1) is 9.63. The van der Waals surface area contributed by atoms with Crippen molar-refractivity contribution in [2.45, 2.75) is 26.3 Å². The molecule has 0 spiro atoms. The van der Waals surface area contributed by atoms with E-state index >= 15 is 0 Å². The molecule has 0 amide bonds. The molecule has 0 saturated heterocycles. The molecule has 108 valence electrons. The lowest BCUT2D eigenvalue weighted by Crippen LogP contribution is -2.22. The van der Waals surface area contributed by atoms with Crippen LogP contribution in [0.2, 0.25) is 0 Å². The first-order valence-corrected chi connectivity index (χ1v) is 7.55. The number of rotatable bonds is 6. The van der Waals surface area contributed by atoms with Gasteiger partial charge in [-0.2, -0.15) is 0 Å². The quantitative estimate of drug-likeness (QED) is 0.855. The Bertz CT molecular complexity index is 565. The van der Waals surface area contributed by atoms with E-state index in [2.05, 4.69) is 47.2 Å². The molecule has 1 aromatic heterocycles. The van der Waals surface area contributed by atoms with E-state index in [4.69, 9.17) is 9.15 Å². The van der Waals surface area contributed by atoms with E-state index < -0.39 is 0 Å². The van der Waals surface area contributed by atoms with Crippen LogP contribution in [0.3, 0.4) is 0 Å². The number of methoxy groups -OCH3 is 1. The highest BCUT2D eigenvalue weighted by Gasteiger charge is 2.17. The summed E-state index contributed by atoms with van der Waals surface area (Å²) in [6, 6.07) is 10.3. The molecule has 20 heavy (non-hydrogen) atoms. The van der Waals surface area contributed by atoms with Gasteiger partial charge in [-0.05, 0) is 59.6 Å². The molecule has 0 radical (unpaired) electrons. The molecule has 0 aliphatic heterocycles. The molecule has 0 saturated carbocycles. The minimum absolute atomic E-state index is 0.141. The van der Waals surface area contributed by atoms with Gasteiger partial charge in [-0.3, -0.25) is 0 Å². The van der Waals surface area contributed by atoms with E-state index in [1.807, 2.05) is 18.2 Å². The monoisotopic (exact) mass is 337 g/mol. The van der Waals surface area contributed by atoms with Gasteiger partial charge in [0.1, 0.15) is 11.5 Å². The van der Waals surface area contributed by atoms with Crippen LogP contribution in [0.25, 0.3) is 0 Å². The fraction of sp³-hybridized carbons (Fsp3) is 0.375. The third-order valence-electron chi connectivity index (χ3n) is 3.25. The maximum absolute atomic E-state index is 5.69. The predicted octanol–water partition coefficient (Wildman–Crippen LogP) is 4.25. The zero-order valence-corrected chi connectivity index (χ0v) is 13.7. The van der Waals surface area contributed by atoms with Crippen molar-refractivity contribution in [3.63, 3.8) is 0 Å². The van der Waals surface area contributed by atoms with E-state index in [0.717, 1.165) is 29.1 Å². The Balaban J connectivity index is 2.26. The number of halogens is 1. The van der Waals surface area contributed by atoms with Crippen LogP contribution < -0.4 is 10.1 Å². The summed E-state index contributed by atoms with van der Waals surface area (Å²) >= 11 is 3.36. The van der Waals surface area contributed by atoms with Crippen LogP contribution in [-0.4, -0.2) is 13.7 Å². The van der Waals surface area contributed by atoms with Crippen LogP contribution in [0.15, 0.2) is 39.4 Å². The van der Waals surface area contributed by atoms with Gasteiger partial charge in [0.15, 0.2) is 4.67 Å². The molecule has 4 heteroatoms. The Morgan fingerprint density at radius 1 is 1.30 bits per heavy atom. The highest BCUT2D eigenvalue weighted by molar-refractivity contribution is 9.10. The van der Waals surface area contributed by atoms with Crippen molar-refractivity contribution in [1.82, 2.24) is 5.32 Å². The number of hydrogen-bond acceptors (Lipinski definition) is 3. The molecule has 0 fully saturated rings. The topological polar surface area (TPSA) is 34.4 Å². The molecule has 1 unspecified atom stereocenters. The minimum atomic E-state index is 0.141.